The van der Waals surface area contributed by atoms with Crippen molar-refractivity contribution < 1.29 is 0 Å². The Bertz CT molecular complexity index is 385. The van der Waals surface area contributed by atoms with Crippen molar-refractivity contribution >= 4 is 15.9 Å². The molecule has 0 unspecified atom stereocenters. The van der Waals surface area contributed by atoms with E-state index >= 15 is 0 Å². The van der Waals surface area contributed by atoms with Crippen LogP contribution in [0.25, 0.3) is 0 Å². The van der Waals surface area contributed by atoms with Gasteiger partial charge in [-0.2, -0.15) is 0 Å². The number of nitrogens with zero attached hydrogens (tertiary/aromatic N) is 1. The van der Waals surface area contributed by atoms with E-state index in [0.717, 1.165) is 13.1 Å². The summed E-state index contributed by atoms with van der Waals surface area (Å²) < 4.78 is 1.23. The number of hydrogen-bond acceptors (Lipinski definition) is 2. The fraction of sp³-hybridized carbons (Fsp3) is 0.647. The van der Waals surface area contributed by atoms with Crippen LogP contribution in [-0.4, -0.2) is 24.0 Å². The minimum atomic E-state index is 0.526. The van der Waals surface area contributed by atoms with E-state index in [4.69, 9.17) is 0 Å². The van der Waals surface area contributed by atoms with E-state index in [0.29, 0.717) is 6.04 Å². The molecule has 2 nitrogen and oxygen atoms in total. The molecule has 1 rings (SSSR count). The van der Waals surface area contributed by atoms with Gasteiger partial charge in [-0.1, -0.05) is 55.8 Å². The van der Waals surface area contributed by atoms with Crippen molar-refractivity contribution in [2.75, 3.05) is 13.1 Å². The Morgan fingerprint density at radius 2 is 1.80 bits per heavy atom. The van der Waals surface area contributed by atoms with Gasteiger partial charge in [-0.15, -0.1) is 0 Å². The summed E-state index contributed by atoms with van der Waals surface area (Å²) in [6.07, 6.45) is 2.43. The van der Waals surface area contributed by atoms with Crippen molar-refractivity contribution in [1.82, 2.24) is 10.2 Å². The van der Waals surface area contributed by atoms with Crippen molar-refractivity contribution in [1.29, 1.82) is 0 Å². The van der Waals surface area contributed by atoms with Gasteiger partial charge >= 0.3 is 0 Å². The average molecular weight is 341 g/mol. The summed E-state index contributed by atoms with van der Waals surface area (Å²) in [7, 11) is 0. The highest BCUT2D eigenvalue weighted by Crippen LogP contribution is 2.20. The lowest BCUT2D eigenvalue weighted by atomic mass is 10.1. The summed E-state index contributed by atoms with van der Waals surface area (Å²) >= 11 is 3.73. The largest absolute Gasteiger partial charge is 0.310 e. The molecule has 0 amide bonds. The van der Waals surface area contributed by atoms with E-state index in [1.165, 1.54) is 41.5 Å². The summed E-state index contributed by atoms with van der Waals surface area (Å²) in [5.74, 6) is 0. The van der Waals surface area contributed by atoms with Gasteiger partial charge in [0.15, 0.2) is 0 Å². The van der Waals surface area contributed by atoms with Crippen LogP contribution in [0.1, 0.15) is 51.7 Å². The topological polar surface area (TPSA) is 15.3 Å². The Morgan fingerprint density at radius 1 is 1.15 bits per heavy atom. The van der Waals surface area contributed by atoms with Crippen LogP contribution in [0.15, 0.2) is 22.7 Å². The second kappa shape index (κ2) is 9.54. The van der Waals surface area contributed by atoms with Gasteiger partial charge in [-0.25, -0.2) is 0 Å². The van der Waals surface area contributed by atoms with Gasteiger partial charge in [0.1, 0.15) is 0 Å². The van der Waals surface area contributed by atoms with Gasteiger partial charge < -0.3 is 5.32 Å². The molecule has 114 valence electrons. The van der Waals surface area contributed by atoms with E-state index < -0.39 is 0 Å². The van der Waals surface area contributed by atoms with Gasteiger partial charge in [0.2, 0.25) is 0 Å². The van der Waals surface area contributed by atoms with Crippen LogP contribution in [0.4, 0.5) is 0 Å². The Hall–Kier alpha value is -0.380. The van der Waals surface area contributed by atoms with E-state index in [1.54, 1.807) is 0 Å². The van der Waals surface area contributed by atoms with Gasteiger partial charge in [-0.05, 0) is 43.1 Å². The van der Waals surface area contributed by atoms with Gasteiger partial charge in [0.05, 0.1) is 0 Å². The molecule has 0 spiro atoms. The standard InChI is InChI=1S/C17H29BrN2/c1-5-9-20(10-6-2)13-16-8-7-15(11-17(16)18)12-19-14(3)4/h7-8,11,14,19H,5-6,9-10,12-13H2,1-4H3. The molecule has 0 aliphatic heterocycles. The molecule has 0 fully saturated rings. The predicted molar refractivity (Wildman–Crippen MR) is 92.0 cm³/mol. The molecule has 0 saturated carbocycles. The molecule has 3 heteroatoms. The molecule has 0 aliphatic carbocycles. The summed E-state index contributed by atoms with van der Waals surface area (Å²) in [5, 5.41) is 3.46. The average Bonchev–Trinajstić information content (AvgIpc) is 2.39. The van der Waals surface area contributed by atoms with Crippen molar-refractivity contribution in [3.8, 4) is 0 Å². The smallest absolute Gasteiger partial charge is 0.0244 e. The monoisotopic (exact) mass is 340 g/mol. The Kier molecular flexibility index (Phi) is 8.43. The lowest BCUT2D eigenvalue weighted by Gasteiger charge is -2.22. The van der Waals surface area contributed by atoms with E-state index in [2.05, 4.69) is 72.0 Å². The molecule has 0 radical (unpaired) electrons. The number of halogens is 1. The van der Waals surface area contributed by atoms with E-state index in [1.807, 2.05) is 0 Å². The number of rotatable bonds is 9. The normalized spacial score (nSPS) is 11.6. The molecule has 1 N–H and O–H groups in total. The third kappa shape index (κ3) is 6.38. The SMILES string of the molecule is CCCN(CCC)Cc1ccc(CNC(C)C)cc1Br. The Morgan fingerprint density at radius 3 is 2.30 bits per heavy atom. The third-order valence-electron chi connectivity index (χ3n) is 3.31. The number of benzene rings is 1. The summed E-state index contributed by atoms with van der Waals surface area (Å²) in [6.45, 7) is 13.2. The third-order valence-corrected chi connectivity index (χ3v) is 4.04. The van der Waals surface area contributed by atoms with Gasteiger partial charge in [0, 0.05) is 23.6 Å². The Labute approximate surface area is 133 Å². The van der Waals surface area contributed by atoms with Crippen molar-refractivity contribution in [3.63, 3.8) is 0 Å². The van der Waals surface area contributed by atoms with Crippen molar-refractivity contribution in [2.45, 2.75) is 59.7 Å². The van der Waals surface area contributed by atoms with Crippen LogP contribution in [0, 0.1) is 0 Å². The first-order valence-electron chi connectivity index (χ1n) is 7.79. The van der Waals surface area contributed by atoms with Gasteiger partial charge in [0.25, 0.3) is 0 Å². The maximum absolute atomic E-state index is 3.73. The second-order valence-electron chi connectivity index (χ2n) is 5.74. The van der Waals surface area contributed by atoms with Crippen LogP contribution in [0.5, 0.6) is 0 Å². The van der Waals surface area contributed by atoms with Crippen molar-refractivity contribution in [2.24, 2.45) is 0 Å². The maximum atomic E-state index is 3.73. The molecule has 0 aromatic heterocycles. The molecule has 20 heavy (non-hydrogen) atoms. The first-order valence-corrected chi connectivity index (χ1v) is 8.59. The van der Waals surface area contributed by atoms with Crippen LogP contribution < -0.4 is 5.32 Å². The maximum Gasteiger partial charge on any atom is 0.0244 e. The van der Waals surface area contributed by atoms with Gasteiger partial charge in [-0.3, -0.25) is 4.90 Å². The molecule has 0 saturated heterocycles. The lowest BCUT2D eigenvalue weighted by Crippen LogP contribution is -2.25. The quantitative estimate of drug-likeness (QED) is 0.708. The molecular formula is C17H29BrN2. The summed E-state index contributed by atoms with van der Waals surface area (Å²) in [5.41, 5.74) is 2.73. The molecule has 0 heterocycles. The summed E-state index contributed by atoms with van der Waals surface area (Å²) in [4.78, 5) is 2.53. The second-order valence-corrected chi connectivity index (χ2v) is 6.59. The molecule has 1 aromatic carbocycles. The van der Waals surface area contributed by atoms with Crippen LogP contribution in [0.2, 0.25) is 0 Å². The van der Waals surface area contributed by atoms with E-state index in [-0.39, 0.29) is 0 Å². The fourth-order valence-electron chi connectivity index (χ4n) is 2.29. The predicted octanol–water partition coefficient (Wildman–Crippen LogP) is 4.57. The molecule has 0 aliphatic rings. The highest BCUT2D eigenvalue weighted by molar-refractivity contribution is 9.10. The van der Waals surface area contributed by atoms with E-state index in [9.17, 15) is 0 Å². The molecule has 1 aromatic rings. The van der Waals surface area contributed by atoms with Crippen LogP contribution >= 0.6 is 15.9 Å². The zero-order chi connectivity index (χ0) is 15.0. The highest BCUT2D eigenvalue weighted by atomic mass is 79.9. The van der Waals surface area contributed by atoms with Crippen LogP contribution in [0.3, 0.4) is 0 Å². The summed E-state index contributed by atoms with van der Waals surface area (Å²) in [6, 6.07) is 7.28. The molecule has 0 atom stereocenters. The highest BCUT2D eigenvalue weighted by Gasteiger charge is 2.08. The zero-order valence-corrected chi connectivity index (χ0v) is 15.0. The first kappa shape index (κ1) is 17.7. The minimum Gasteiger partial charge on any atom is -0.310 e. The molecular weight excluding hydrogens is 312 g/mol. The van der Waals surface area contributed by atoms with Crippen LogP contribution in [-0.2, 0) is 13.1 Å². The van der Waals surface area contributed by atoms with Crippen molar-refractivity contribution in [3.05, 3.63) is 33.8 Å². The zero-order valence-electron chi connectivity index (χ0n) is 13.4. The fourth-order valence-corrected chi connectivity index (χ4v) is 2.85. The Balaban J connectivity index is 2.66. The number of nitrogens with one attached hydrogen (secondary N) is 1. The first-order chi connectivity index (χ1) is 9.56. The number of hydrogen-bond donors (Lipinski definition) is 1. The minimum absolute atomic E-state index is 0.526. The lowest BCUT2D eigenvalue weighted by molar-refractivity contribution is 0.266. The molecule has 0 bridgehead atoms.